The Kier molecular flexibility index (Phi) is 5.29. The van der Waals surface area contributed by atoms with E-state index in [2.05, 4.69) is 22.6 Å². The molecule has 0 aromatic carbocycles. The summed E-state index contributed by atoms with van der Waals surface area (Å²) in [5.41, 5.74) is 0.382. The van der Waals surface area contributed by atoms with Gasteiger partial charge in [-0.1, -0.05) is 13.2 Å². The molecule has 0 saturated carbocycles. The molecule has 14 heavy (non-hydrogen) atoms. The summed E-state index contributed by atoms with van der Waals surface area (Å²) < 4.78 is 9.11. The number of methoxy groups -OCH3 is 1. The van der Waals surface area contributed by atoms with Crippen molar-refractivity contribution in [3.05, 3.63) is 24.3 Å². The van der Waals surface area contributed by atoms with Crippen LogP contribution in [0.4, 0.5) is 0 Å². The van der Waals surface area contributed by atoms with Crippen LogP contribution in [-0.4, -0.2) is 25.7 Å². The zero-order valence-electron chi connectivity index (χ0n) is 8.46. The molecule has 0 aliphatic carbocycles. The van der Waals surface area contributed by atoms with Gasteiger partial charge >= 0.3 is 11.9 Å². The third-order valence-corrected chi connectivity index (χ3v) is 1.46. The minimum atomic E-state index is -0.546. The summed E-state index contributed by atoms with van der Waals surface area (Å²) in [7, 11) is 1.25. The first kappa shape index (κ1) is 12.4. The fraction of sp³-hybridized carbons (Fsp3) is 0.400. The van der Waals surface area contributed by atoms with E-state index in [1.54, 1.807) is 6.92 Å². The predicted octanol–water partition coefficient (Wildman–Crippen LogP) is 1.22. The molecule has 0 saturated heterocycles. The van der Waals surface area contributed by atoms with E-state index in [4.69, 9.17) is 0 Å². The van der Waals surface area contributed by atoms with Gasteiger partial charge in [-0.3, -0.25) is 0 Å². The molecule has 4 nitrogen and oxygen atoms in total. The van der Waals surface area contributed by atoms with Crippen molar-refractivity contribution in [3.63, 3.8) is 0 Å². The van der Waals surface area contributed by atoms with E-state index < -0.39 is 11.9 Å². The number of carbonyl (C=O) groups is 2. The lowest BCUT2D eigenvalue weighted by atomic mass is 10.1. The maximum Gasteiger partial charge on any atom is 0.333 e. The van der Waals surface area contributed by atoms with E-state index in [1.165, 1.54) is 7.11 Å². The summed E-state index contributed by atoms with van der Waals surface area (Å²) in [6.45, 7) is 8.93. The standard InChI is InChI=1S/C10H14O4/c1-5-14-10(12)8(3)6-7(2)9(11)13-4/h2-3,5-6H2,1,4H3. The minimum absolute atomic E-state index is 0.0749. The number of hydrogen-bond donors (Lipinski definition) is 0. The van der Waals surface area contributed by atoms with E-state index >= 15 is 0 Å². The van der Waals surface area contributed by atoms with E-state index in [0.717, 1.165) is 0 Å². The second-order valence-electron chi connectivity index (χ2n) is 2.60. The van der Waals surface area contributed by atoms with Gasteiger partial charge in [0.25, 0.3) is 0 Å². The first-order valence-corrected chi connectivity index (χ1v) is 4.13. The van der Waals surface area contributed by atoms with Crippen LogP contribution in [0.5, 0.6) is 0 Å². The van der Waals surface area contributed by atoms with Gasteiger partial charge < -0.3 is 9.47 Å². The van der Waals surface area contributed by atoms with Gasteiger partial charge in [-0.2, -0.15) is 0 Å². The second-order valence-corrected chi connectivity index (χ2v) is 2.60. The van der Waals surface area contributed by atoms with Crippen LogP contribution in [0.25, 0.3) is 0 Å². The molecule has 4 heteroatoms. The molecular weight excluding hydrogens is 184 g/mol. The Morgan fingerprint density at radius 2 is 1.64 bits per heavy atom. The summed E-state index contributed by atoms with van der Waals surface area (Å²) in [6.07, 6.45) is 0.0749. The molecule has 0 spiro atoms. The van der Waals surface area contributed by atoms with Gasteiger partial charge in [0, 0.05) is 17.6 Å². The Hall–Kier alpha value is -1.58. The number of carbonyl (C=O) groups excluding carboxylic acids is 2. The Morgan fingerprint density at radius 3 is 2.07 bits per heavy atom. The molecule has 0 heterocycles. The molecule has 0 atom stereocenters. The molecule has 0 radical (unpaired) electrons. The molecule has 0 aromatic heterocycles. The fourth-order valence-corrected chi connectivity index (χ4v) is 0.779. The van der Waals surface area contributed by atoms with E-state index in [9.17, 15) is 9.59 Å². The highest BCUT2D eigenvalue weighted by Gasteiger charge is 2.13. The summed E-state index contributed by atoms with van der Waals surface area (Å²) in [5.74, 6) is -1.06. The Morgan fingerprint density at radius 1 is 1.14 bits per heavy atom. The summed E-state index contributed by atoms with van der Waals surface area (Å²) >= 11 is 0. The highest BCUT2D eigenvalue weighted by molar-refractivity contribution is 5.93. The molecule has 0 aliphatic heterocycles. The van der Waals surface area contributed by atoms with Crippen molar-refractivity contribution in [3.8, 4) is 0 Å². The topological polar surface area (TPSA) is 52.6 Å². The summed E-state index contributed by atoms with van der Waals surface area (Å²) in [6, 6.07) is 0. The van der Waals surface area contributed by atoms with Crippen LogP contribution < -0.4 is 0 Å². The first-order chi connectivity index (χ1) is 6.52. The second kappa shape index (κ2) is 5.96. The average molecular weight is 198 g/mol. The van der Waals surface area contributed by atoms with Crippen molar-refractivity contribution >= 4 is 11.9 Å². The largest absolute Gasteiger partial charge is 0.466 e. The number of hydrogen-bond acceptors (Lipinski definition) is 4. The third kappa shape index (κ3) is 3.89. The Bertz CT molecular complexity index is 265. The van der Waals surface area contributed by atoms with Crippen LogP contribution in [0.1, 0.15) is 13.3 Å². The molecule has 0 amide bonds. The van der Waals surface area contributed by atoms with Gasteiger partial charge in [-0.25, -0.2) is 9.59 Å². The van der Waals surface area contributed by atoms with Crippen molar-refractivity contribution in [1.29, 1.82) is 0 Å². The van der Waals surface area contributed by atoms with Crippen molar-refractivity contribution in [2.75, 3.05) is 13.7 Å². The Balaban J connectivity index is 4.13. The fourth-order valence-electron chi connectivity index (χ4n) is 0.779. The highest BCUT2D eigenvalue weighted by atomic mass is 16.5. The predicted molar refractivity (Wildman–Crippen MR) is 51.5 cm³/mol. The SMILES string of the molecule is C=C(CC(=C)C(=O)OCC)C(=O)OC. The van der Waals surface area contributed by atoms with E-state index in [0.29, 0.717) is 0 Å². The monoisotopic (exact) mass is 198 g/mol. The van der Waals surface area contributed by atoms with Crippen molar-refractivity contribution in [2.24, 2.45) is 0 Å². The lowest BCUT2D eigenvalue weighted by molar-refractivity contribution is -0.138. The van der Waals surface area contributed by atoms with Crippen molar-refractivity contribution < 1.29 is 19.1 Å². The molecule has 0 rings (SSSR count). The van der Waals surface area contributed by atoms with Crippen LogP contribution in [0.2, 0.25) is 0 Å². The lowest BCUT2D eigenvalue weighted by Gasteiger charge is -2.05. The number of rotatable bonds is 5. The lowest BCUT2D eigenvalue weighted by Crippen LogP contribution is -2.11. The zero-order chi connectivity index (χ0) is 11.1. The third-order valence-electron chi connectivity index (χ3n) is 1.46. The van der Waals surface area contributed by atoms with Crippen molar-refractivity contribution in [1.82, 2.24) is 0 Å². The van der Waals surface area contributed by atoms with Crippen LogP contribution in [-0.2, 0) is 19.1 Å². The zero-order valence-corrected chi connectivity index (χ0v) is 8.46. The highest BCUT2D eigenvalue weighted by Crippen LogP contribution is 2.10. The van der Waals surface area contributed by atoms with Gasteiger partial charge in [-0.05, 0) is 6.92 Å². The van der Waals surface area contributed by atoms with Gasteiger partial charge in [0.1, 0.15) is 0 Å². The van der Waals surface area contributed by atoms with Gasteiger partial charge in [0.2, 0.25) is 0 Å². The molecular formula is C10H14O4. The quantitative estimate of drug-likeness (QED) is 0.492. The van der Waals surface area contributed by atoms with Crippen molar-refractivity contribution in [2.45, 2.75) is 13.3 Å². The molecule has 0 aromatic rings. The summed E-state index contributed by atoms with van der Waals surface area (Å²) in [4.78, 5) is 22.0. The van der Waals surface area contributed by atoms with Gasteiger partial charge in [0.15, 0.2) is 0 Å². The number of esters is 2. The van der Waals surface area contributed by atoms with Crippen LogP contribution in [0.15, 0.2) is 24.3 Å². The van der Waals surface area contributed by atoms with E-state index in [-0.39, 0.29) is 24.2 Å². The van der Waals surface area contributed by atoms with Crippen LogP contribution in [0, 0.1) is 0 Å². The minimum Gasteiger partial charge on any atom is -0.466 e. The molecule has 0 bridgehead atoms. The van der Waals surface area contributed by atoms with E-state index in [1.807, 2.05) is 0 Å². The van der Waals surface area contributed by atoms with Gasteiger partial charge in [0.05, 0.1) is 13.7 Å². The maximum absolute atomic E-state index is 11.1. The first-order valence-electron chi connectivity index (χ1n) is 4.13. The molecule has 0 aliphatic rings. The maximum atomic E-state index is 11.1. The summed E-state index contributed by atoms with van der Waals surface area (Å²) in [5, 5.41) is 0. The molecule has 78 valence electrons. The average Bonchev–Trinajstić information content (AvgIpc) is 2.16. The van der Waals surface area contributed by atoms with Gasteiger partial charge in [-0.15, -0.1) is 0 Å². The smallest absolute Gasteiger partial charge is 0.333 e. The molecule has 0 fully saturated rings. The number of ether oxygens (including phenoxy) is 2. The Labute approximate surface area is 83.2 Å². The molecule has 0 unspecified atom stereocenters. The van der Waals surface area contributed by atoms with Crippen LogP contribution >= 0.6 is 0 Å². The normalized spacial score (nSPS) is 9.00. The molecule has 0 N–H and O–H groups in total. The van der Waals surface area contributed by atoms with Crippen LogP contribution in [0.3, 0.4) is 0 Å².